The van der Waals surface area contributed by atoms with Gasteiger partial charge in [-0.3, -0.25) is 10.1 Å². The molecule has 0 bridgehead atoms. The molecule has 0 spiro atoms. The molecule has 0 atom stereocenters. The number of hydrogen-bond donors (Lipinski definition) is 1. The zero-order valence-corrected chi connectivity index (χ0v) is 9.68. The van der Waals surface area contributed by atoms with Crippen molar-refractivity contribution in [3.05, 3.63) is 39.7 Å². The fraction of sp³-hybridized carbons (Fsp3) is 0.200. The van der Waals surface area contributed by atoms with E-state index in [4.69, 9.17) is 4.52 Å². The number of nitro benzene ring substituents is 1. The smallest absolute Gasteiger partial charge is 0.305 e. The van der Waals surface area contributed by atoms with E-state index in [-0.39, 0.29) is 12.4 Å². The summed E-state index contributed by atoms with van der Waals surface area (Å²) in [6.45, 7) is 0.238. The Morgan fingerprint density at radius 1 is 1.47 bits per heavy atom. The van der Waals surface area contributed by atoms with E-state index in [1.165, 1.54) is 0 Å². The summed E-state index contributed by atoms with van der Waals surface area (Å²) in [6.07, 6.45) is 0. The Hall–Kier alpha value is -2.42. The molecule has 1 aromatic carbocycles. The lowest BCUT2D eigenvalue weighted by Crippen LogP contribution is -2.06. The second-order valence-electron chi connectivity index (χ2n) is 3.56. The van der Waals surface area contributed by atoms with Crippen molar-refractivity contribution in [1.29, 1.82) is 0 Å². The molecule has 0 unspecified atom stereocenters. The van der Waals surface area contributed by atoms with Crippen molar-refractivity contribution >= 4 is 5.69 Å². The van der Waals surface area contributed by atoms with Crippen LogP contribution in [0.4, 0.5) is 14.5 Å². The fourth-order valence-electron chi connectivity index (χ4n) is 1.46. The highest BCUT2D eigenvalue weighted by Crippen LogP contribution is 2.30. The summed E-state index contributed by atoms with van der Waals surface area (Å²) in [5.74, 6) is -2.61. The molecule has 1 N–H and O–H groups in total. The van der Waals surface area contributed by atoms with Gasteiger partial charge in [-0.15, -0.1) is 0 Å². The third-order valence-corrected chi connectivity index (χ3v) is 2.28. The molecule has 0 aliphatic rings. The van der Waals surface area contributed by atoms with Crippen molar-refractivity contribution in [1.82, 2.24) is 15.5 Å². The predicted octanol–water partition coefficient (Wildman–Crippen LogP) is 1.64. The Labute approximate surface area is 105 Å². The van der Waals surface area contributed by atoms with Gasteiger partial charge in [-0.05, 0) is 13.1 Å². The molecule has 0 saturated heterocycles. The molecule has 0 aliphatic heterocycles. The number of nitrogens with zero attached hydrogens (tertiary/aromatic N) is 3. The molecule has 2 rings (SSSR count). The zero-order valence-electron chi connectivity index (χ0n) is 9.68. The molecular formula is C10H8F2N4O3. The highest BCUT2D eigenvalue weighted by atomic mass is 19.1. The second-order valence-corrected chi connectivity index (χ2v) is 3.56. The number of nitrogens with one attached hydrogen (secondary N) is 1. The zero-order chi connectivity index (χ0) is 14.0. The van der Waals surface area contributed by atoms with Crippen LogP contribution in [0.25, 0.3) is 11.5 Å². The summed E-state index contributed by atoms with van der Waals surface area (Å²) >= 11 is 0. The molecule has 9 heteroatoms. The predicted molar refractivity (Wildman–Crippen MR) is 59.1 cm³/mol. The normalized spacial score (nSPS) is 10.7. The van der Waals surface area contributed by atoms with Gasteiger partial charge < -0.3 is 9.84 Å². The largest absolute Gasteiger partial charge is 0.334 e. The molecule has 0 saturated carbocycles. The van der Waals surface area contributed by atoms with Crippen LogP contribution >= 0.6 is 0 Å². The van der Waals surface area contributed by atoms with E-state index < -0.39 is 33.7 Å². The first-order valence-electron chi connectivity index (χ1n) is 5.14. The Morgan fingerprint density at radius 3 is 2.84 bits per heavy atom. The molecule has 19 heavy (non-hydrogen) atoms. The van der Waals surface area contributed by atoms with E-state index in [0.717, 1.165) is 12.1 Å². The van der Waals surface area contributed by atoms with Crippen molar-refractivity contribution in [2.24, 2.45) is 0 Å². The van der Waals surface area contributed by atoms with E-state index >= 15 is 0 Å². The van der Waals surface area contributed by atoms with Gasteiger partial charge in [0.1, 0.15) is 11.4 Å². The minimum atomic E-state index is -1.34. The Kier molecular flexibility index (Phi) is 3.47. The van der Waals surface area contributed by atoms with Crippen molar-refractivity contribution in [2.45, 2.75) is 6.54 Å². The van der Waals surface area contributed by atoms with Crippen LogP contribution in [0.3, 0.4) is 0 Å². The Bertz CT molecular complexity index is 629. The second kappa shape index (κ2) is 5.06. The number of hydrogen-bond acceptors (Lipinski definition) is 6. The lowest BCUT2D eigenvalue weighted by atomic mass is 10.1. The molecule has 0 aliphatic carbocycles. The molecule has 0 amide bonds. The molecule has 1 aromatic heterocycles. The maximum Gasteiger partial charge on any atom is 0.305 e. The Morgan fingerprint density at radius 2 is 2.21 bits per heavy atom. The maximum absolute atomic E-state index is 13.8. The van der Waals surface area contributed by atoms with E-state index in [2.05, 4.69) is 15.5 Å². The summed E-state index contributed by atoms with van der Waals surface area (Å²) in [4.78, 5) is 13.4. The number of aromatic nitrogens is 2. The van der Waals surface area contributed by atoms with Gasteiger partial charge in [-0.2, -0.15) is 9.37 Å². The maximum atomic E-state index is 13.8. The minimum absolute atomic E-state index is 0.183. The lowest BCUT2D eigenvalue weighted by Gasteiger charge is -2.00. The van der Waals surface area contributed by atoms with Crippen molar-refractivity contribution in [3.8, 4) is 11.5 Å². The van der Waals surface area contributed by atoms with Gasteiger partial charge in [-0.25, -0.2) is 4.39 Å². The molecule has 7 nitrogen and oxygen atoms in total. The van der Waals surface area contributed by atoms with Crippen LogP contribution in [-0.2, 0) is 6.54 Å². The standard InChI is InChI=1S/C10H8F2N4O3/c1-13-4-7-14-10(19-15-7)8-5(11)2-3-6(9(8)12)16(17)18/h2-3,13H,4H2,1H3. The lowest BCUT2D eigenvalue weighted by molar-refractivity contribution is -0.387. The van der Waals surface area contributed by atoms with E-state index in [0.29, 0.717) is 0 Å². The first-order chi connectivity index (χ1) is 9.04. The van der Waals surface area contributed by atoms with E-state index in [1.807, 2.05) is 0 Å². The van der Waals surface area contributed by atoms with Gasteiger partial charge in [0.05, 0.1) is 11.5 Å². The number of nitro groups is 1. The third-order valence-electron chi connectivity index (χ3n) is 2.28. The van der Waals surface area contributed by atoms with Gasteiger partial charge in [-0.1, -0.05) is 5.16 Å². The summed E-state index contributed by atoms with van der Waals surface area (Å²) < 4.78 is 32.1. The average molecular weight is 270 g/mol. The number of benzene rings is 1. The summed E-state index contributed by atoms with van der Waals surface area (Å²) in [6, 6.07) is 1.51. The molecule has 100 valence electrons. The van der Waals surface area contributed by atoms with Crippen molar-refractivity contribution in [2.75, 3.05) is 7.05 Å². The van der Waals surface area contributed by atoms with Crippen LogP contribution in [0.2, 0.25) is 0 Å². The van der Waals surface area contributed by atoms with Crippen LogP contribution in [0.1, 0.15) is 5.82 Å². The summed E-state index contributed by atoms with van der Waals surface area (Å²) in [7, 11) is 1.63. The average Bonchev–Trinajstić information content (AvgIpc) is 2.77. The highest BCUT2D eigenvalue weighted by molar-refractivity contribution is 5.60. The van der Waals surface area contributed by atoms with Gasteiger partial charge in [0.2, 0.25) is 5.82 Å². The summed E-state index contributed by atoms with van der Waals surface area (Å²) in [5.41, 5.74) is -1.56. The first-order valence-corrected chi connectivity index (χ1v) is 5.14. The summed E-state index contributed by atoms with van der Waals surface area (Å²) in [5, 5.41) is 16.8. The van der Waals surface area contributed by atoms with Crippen molar-refractivity contribution in [3.63, 3.8) is 0 Å². The van der Waals surface area contributed by atoms with Crippen LogP contribution in [-0.4, -0.2) is 22.1 Å². The molecule has 0 fully saturated rings. The van der Waals surface area contributed by atoms with Crippen LogP contribution in [0, 0.1) is 21.7 Å². The van der Waals surface area contributed by atoms with Gasteiger partial charge >= 0.3 is 5.69 Å². The van der Waals surface area contributed by atoms with Gasteiger partial charge in [0, 0.05) is 6.07 Å². The fourth-order valence-corrected chi connectivity index (χ4v) is 1.46. The number of rotatable bonds is 4. The van der Waals surface area contributed by atoms with Gasteiger partial charge in [0.25, 0.3) is 5.89 Å². The topological polar surface area (TPSA) is 94.1 Å². The molecular weight excluding hydrogens is 262 g/mol. The van der Waals surface area contributed by atoms with E-state index in [1.54, 1.807) is 7.05 Å². The van der Waals surface area contributed by atoms with Crippen LogP contribution < -0.4 is 5.32 Å². The highest BCUT2D eigenvalue weighted by Gasteiger charge is 2.26. The quantitative estimate of drug-likeness (QED) is 0.670. The molecule has 1 heterocycles. The Balaban J connectivity index is 2.53. The SMILES string of the molecule is CNCc1noc(-c2c(F)ccc([N+](=O)[O-])c2F)n1. The van der Waals surface area contributed by atoms with Crippen LogP contribution in [0.5, 0.6) is 0 Å². The number of halogens is 2. The molecule has 0 radical (unpaired) electrons. The molecule has 2 aromatic rings. The first kappa shape index (κ1) is 13.0. The monoisotopic (exact) mass is 270 g/mol. The van der Waals surface area contributed by atoms with E-state index in [9.17, 15) is 18.9 Å². The van der Waals surface area contributed by atoms with Gasteiger partial charge in [0.15, 0.2) is 5.82 Å². The third kappa shape index (κ3) is 2.40. The minimum Gasteiger partial charge on any atom is -0.334 e. The van der Waals surface area contributed by atoms with Crippen LogP contribution in [0.15, 0.2) is 16.7 Å². The van der Waals surface area contributed by atoms with Crippen molar-refractivity contribution < 1.29 is 18.2 Å².